The minimum Gasteiger partial charge on any atom is -0.478 e. The molecule has 0 spiro atoms. The lowest BCUT2D eigenvalue weighted by atomic mass is 10.2. The molecule has 2 rings (SSSR count). The zero-order chi connectivity index (χ0) is 15.9. The van der Waals surface area contributed by atoms with E-state index in [4.69, 9.17) is 9.84 Å². The molecule has 1 aromatic heterocycles. The molecule has 1 amide bonds. The molecule has 22 heavy (non-hydrogen) atoms. The number of alkyl carbamates (subject to hydrolysis) is 1. The number of ether oxygens (including phenoxy) is 1. The highest BCUT2D eigenvalue weighted by Gasteiger charge is 2.11. The summed E-state index contributed by atoms with van der Waals surface area (Å²) in [5.74, 6) is -0.952. The Bertz CT molecular complexity index is 649. The minimum absolute atomic E-state index is 0.221. The molecule has 0 aliphatic carbocycles. The first-order chi connectivity index (χ1) is 10.6. The third-order valence-electron chi connectivity index (χ3n) is 3.31. The zero-order valence-electron chi connectivity index (χ0n) is 12.3. The van der Waals surface area contributed by atoms with Gasteiger partial charge in [-0.1, -0.05) is 30.3 Å². The first-order valence-electron chi connectivity index (χ1n) is 6.91. The molecule has 0 bridgehead atoms. The van der Waals surface area contributed by atoms with Gasteiger partial charge in [0.2, 0.25) is 0 Å². The van der Waals surface area contributed by atoms with Crippen LogP contribution in [0.3, 0.4) is 0 Å². The van der Waals surface area contributed by atoms with Crippen LogP contribution in [0.25, 0.3) is 0 Å². The van der Waals surface area contributed by atoms with E-state index in [2.05, 4.69) is 5.32 Å². The van der Waals surface area contributed by atoms with Gasteiger partial charge in [-0.15, -0.1) is 0 Å². The summed E-state index contributed by atoms with van der Waals surface area (Å²) in [5, 5.41) is 11.6. The maximum absolute atomic E-state index is 11.6. The third-order valence-corrected chi connectivity index (χ3v) is 3.31. The lowest BCUT2D eigenvalue weighted by molar-refractivity contribution is 0.0696. The van der Waals surface area contributed by atoms with E-state index in [1.807, 2.05) is 30.3 Å². The molecule has 0 saturated heterocycles. The number of aromatic carboxylic acids is 1. The van der Waals surface area contributed by atoms with E-state index < -0.39 is 12.1 Å². The Labute approximate surface area is 128 Å². The predicted molar refractivity (Wildman–Crippen MR) is 80.8 cm³/mol. The number of hydrogen-bond acceptors (Lipinski definition) is 3. The van der Waals surface area contributed by atoms with Crippen molar-refractivity contribution in [2.24, 2.45) is 0 Å². The highest BCUT2D eigenvalue weighted by molar-refractivity contribution is 5.88. The van der Waals surface area contributed by atoms with E-state index in [1.165, 1.54) is 0 Å². The van der Waals surface area contributed by atoms with Crippen LogP contribution in [0.5, 0.6) is 0 Å². The summed E-state index contributed by atoms with van der Waals surface area (Å²) in [4.78, 5) is 22.5. The predicted octanol–water partition coefficient (Wildman–Crippen LogP) is 2.42. The number of carbonyl (C=O) groups is 2. The number of carboxylic acid groups (broad SMARTS) is 1. The molecule has 1 aromatic carbocycles. The molecule has 2 aromatic rings. The largest absolute Gasteiger partial charge is 0.478 e. The van der Waals surface area contributed by atoms with E-state index in [0.29, 0.717) is 18.8 Å². The van der Waals surface area contributed by atoms with Crippen LogP contribution in [0.15, 0.2) is 42.6 Å². The summed E-state index contributed by atoms with van der Waals surface area (Å²) >= 11 is 0. The fourth-order valence-electron chi connectivity index (χ4n) is 2.07. The van der Waals surface area contributed by atoms with Crippen molar-refractivity contribution in [3.63, 3.8) is 0 Å². The van der Waals surface area contributed by atoms with E-state index in [9.17, 15) is 9.59 Å². The second kappa shape index (κ2) is 7.31. The van der Waals surface area contributed by atoms with Crippen molar-refractivity contribution in [3.05, 3.63) is 59.4 Å². The Morgan fingerprint density at radius 3 is 2.59 bits per heavy atom. The van der Waals surface area contributed by atoms with Crippen molar-refractivity contribution >= 4 is 12.1 Å². The Hall–Kier alpha value is -2.76. The highest BCUT2D eigenvalue weighted by atomic mass is 16.5. The first kappa shape index (κ1) is 15.6. The molecule has 116 valence electrons. The maximum Gasteiger partial charge on any atom is 0.407 e. The van der Waals surface area contributed by atoms with E-state index in [1.54, 1.807) is 23.8 Å². The van der Waals surface area contributed by atoms with Crippen molar-refractivity contribution in [2.45, 2.75) is 20.1 Å². The summed E-state index contributed by atoms with van der Waals surface area (Å²) in [5.41, 5.74) is 1.85. The van der Waals surface area contributed by atoms with Crippen LogP contribution < -0.4 is 5.32 Å². The normalized spacial score (nSPS) is 10.2. The number of rotatable bonds is 6. The molecule has 0 fully saturated rings. The van der Waals surface area contributed by atoms with Crippen LogP contribution in [-0.2, 0) is 17.9 Å². The molecule has 6 nitrogen and oxygen atoms in total. The summed E-state index contributed by atoms with van der Waals surface area (Å²) in [6.45, 7) is 2.80. The van der Waals surface area contributed by atoms with Crippen LogP contribution in [0, 0.1) is 6.92 Å². The number of carbonyl (C=O) groups excluding carboxylic acids is 1. The van der Waals surface area contributed by atoms with Crippen molar-refractivity contribution in [3.8, 4) is 0 Å². The number of benzene rings is 1. The van der Waals surface area contributed by atoms with Crippen LogP contribution in [-0.4, -0.2) is 28.3 Å². The average molecular weight is 302 g/mol. The molecule has 0 aliphatic rings. The van der Waals surface area contributed by atoms with E-state index >= 15 is 0 Å². The smallest absolute Gasteiger partial charge is 0.407 e. The number of nitrogens with zero attached hydrogens (tertiary/aromatic N) is 1. The number of hydrogen-bond donors (Lipinski definition) is 2. The Morgan fingerprint density at radius 1 is 1.23 bits per heavy atom. The van der Waals surface area contributed by atoms with Crippen molar-refractivity contribution in [1.29, 1.82) is 0 Å². The molecule has 0 radical (unpaired) electrons. The average Bonchev–Trinajstić information content (AvgIpc) is 2.88. The van der Waals surface area contributed by atoms with Gasteiger partial charge in [-0.25, -0.2) is 9.59 Å². The van der Waals surface area contributed by atoms with Gasteiger partial charge in [0, 0.05) is 25.0 Å². The van der Waals surface area contributed by atoms with Gasteiger partial charge in [-0.05, 0) is 18.6 Å². The summed E-state index contributed by atoms with van der Waals surface area (Å²) < 4.78 is 6.86. The Kier molecular flexibility index (Phi) is 5.19. The van der Waals surface area contributed by atoms with Crippen LogP contribution >= 0.6 is 0 Å². The Morgan fingerprint density at radius 2 is 1.95 bits per heavy atom. The number of carboxylic acids is 1. The quantitative estimate of drug-likeness (QED) is 0.858. The van der Waals surface area contributed by atoms with Crippen LogP contribution in [0.4, 0.5) is 4.79 Å². The molecule has 0 atom stereocenters. The first-order valence-corrected chi connectivity index (χ1v) is 6.91. The fourth-order valence-corrected chi connectivity index (χ4v) is 2.07. The highest BCUT2D eigenvalue weighted by Crippen LogP contribution is 2.09. The van der Waals surface area contributed by atoms with E-state index in [0.717, 1.165) is 5.56 Å². The van der Waals surface area contributed by atoms with Gasteiger partial charge in [0.05, 0.1) is 5.56 Å². The standard InChI is InChI=1S/C16H18N2O4/c1-12-14(15(19)20)7-9-18(12)10-8-17-16(21)22-11-13-5-3-2-4-6-13/h2-7,9H,8,10-11H2,1H3,(H,17,21)(H,19,20). The second-order valence-corrected chi connectivity index (χ2v) is 4.80. The van der Waals surface area contributed by atoms with Gasteiger partial charge in [0.1, 0.15) is 6.61 Å². The van der Waals surface area contributed by atoms with E-state index in [-0.39, 0.29) is 12.2 Å². The van der Waals surface area contributed by atoms with Gasteiger partial charge in [-0.2, -0.15) is 0 Å². The molecule has 0 aliphatic heterocycles. The van der Waals surface area contributed by atoms with Gasteiger partial charge < -0.3 is 19.7 Å². The van der Waals surface area contributed by atoms with Crippen molar-refractivity contribution in [1.82, 2.24) is 9.88 Å². The minimum atomic E-state index is -0.952. The SMILES string of the molecule is Cc1c(C(=O)O)ccn1CCNC(=O)OCc1ccccc1. The summed E-state index contributed by atoms with van der Waals surface area (Å²) in [6.07, 6.45) is 1.20. The lowest BCUT2D eigenvalue weighted by Gasteiger charge is -2.09. The maximum atomic E-state index is 11.6. The van der Waals surface area contributed by atoms with Crippen molar-refractivity contribution in [2.75, 3.05) is 6.54 Å². The molecule has 2 N–H and O–H groups in total. The summed E-state index contributed by atoms with van der Waals surface area (Å²) in [7, 11) is 0. The molecular formula is C16H18N2O4. The van der Waals surface area contributed by atoms with Gasteiger partial charge in [0.25, 0.3) is 0 Å². The van der Waals surface area contributed by atoms with Crippen LogP contribution in [0.1, 0.15) is 21.6 Å². The zero-order valence-corrected chi connectivity index (χ0v) is 12.3. The van der Waals surface area contributed by atoms with Gasteiger partial charge >= 0.3 is 12.1 Å². The molecule has 1 heterocycles. The third kappa shape index (κ3) is 4.12. The number of aromatic nitrogens is 1. The number of nitrogens with one attached hydrogen (secondary N) is 1. The van der Waals surface area contributed by atoms with Gasteiger partial charge in [-0.3, -0.25) is 0 Å². The Balaban J connectivity index is 1.74. The fraction of sp³-hybridized carbons (Fsp3) is 0.250. The molecule has 6 heteroatoms. The molecule has 0 unspecified atom stereocenters. The lowest BCUT2D eigenvalue weighted by Crippen LogP contribution is -2.28. The number of amides is 1. The van der Waals surface area contributed by atoms with Gasteiger partial charge in [0.15, 0.2) is 0 Å². The monoisotopic (exact) mass is 302 g/mol. The van der Waals surface area contributed by atoms with Crippen molar-refractivity contribution < 1.29 is 19.4 Å². The topological polar surface area (TPSA) is 80.6 Å². The van der Waals surface area contributed by atoms with Crippen LogP contribution in [0.2, 0.25) is 0 Å². The molecule has 0 saturated carbocycles. The second-order valence-electron chi connectivity index (χ2n) is 4.80. The molecular weight excluding hydrogens is 284 g/mol. The summed E-state index contributed by atoms with van der Waals surface area (Å²) in [6, 6.07) is 11.0.